The van der Waals surface area contributed by atoms with Gasteiger partial charge in [0.15, 0.2) is 11.6 Å². The number of benzene rings is 4. The summed E-state index contributed by atoms with van der Waals surface area (Å²) < 4.78 is 5.21. The first-order valence-electron chi connectivity index (χ1n) is 13.2. The molecule has 1 N–H and O–H groups in total. The molecule has 0 aromatic heterocycles. The van der Waals surface area contributed by atoms with Gasteiger partial charge in [-0.05, 0) is 44.8 Å². The highest BCUT2D eigenvalue weighted by molar-refractivity contribution is 6.10. The van der Waals surface area contributed by atoms with Gasteiger partial charge >= 0.3 is 5.97 Å². The molecular weight excluding hydrogens is 516 g/mol. The topological polar surface area (TPSA) is 92.8 Å². The van der Waals surface area contributed by atoms with E-state index in [0.29, 0.717) is 40.0 Å². The average Bonchev–Trinajstić information content (AvgIpc) is 3.03. The van der Waals surface area contributed by atoms with Crippen LogP contribution in [0.1, 0.15) is 59.0 Å². The average molecular weight is 551 g/mol. The molecule has 4 rings (SSSR count). The normalized spacial score (nSPS) is 10.2. The van der Waals surface area contributed by atoms with Gasteiger partial charge in [0.25, 0.3) is 5.91 Å². The van der Waals surface area contributed by atoms with E-state index in [2.05, 4.69) is 5.32 Å². The van der Waals surface area contributed by atoms with Crippen LogP contribution in [0, 0.1) is 0 Å². The number of ether oxygens (including phenoxy) is 1. The number of ketones is 2. The van der Waals surface area contributed by atoms with Crippen molar-refractivity contribution in [2.45, 2.75) is 6.42 Å². The highest BCUT2D eigenvalue weighted by atomic mass is 16.5. The molecule has 1 amide bonds. The summed E-state index contributed by atoms with van der Waals surface area (Å²) in [6, 6.07) is 31.3. The molecule has 0 bridgehead atoms. The molecule has 0 aliphatic heterocycles. The monoisotopic (exact) mass is 550 g/mol. The highest BCUT2D eigenvalue weighted by Gasteiger charge is 2.12. The quantitative estimate of drug-likeness (QED) is 0.164. The predicted molar refractivity (Wildman–Crippen MR) is 159 cm³/mol. The van der Waals surface area contributed by atoms with Gasteiger partial charge < -0.3 is 15.0 Å². The second-order valence-corrected chi connectivity index (χ2v) is 9.42. The molecule has 0 radical (unpaired) electrons. The Hall–Kier alpha value is -4.88. The third-order valence-corrected chi connectivity index (χ3v) is 6.07. The number of hydrogen-bond donors (Lipinski definition) is 1. The Bertz CT molecular complexity index is 1430. The summed E-state index contributed by atoms with van der Waals surface area (Å²) in [7, 11) is 5.53. The standard InChI is InChI=1S/C19H21NO3.C15H13NO2/c1-20(2)13-6-14-23-19(22)17-11-9-16(10-12-17)18(21)15-7-4-3-5-8-15;1-16-15(18)13-9-7-12(8-10-13)14(17)11-5-3-2-4-6-11/h3-5,7-12H,6,13-14H2,1-2H3;2-10H,1H3,(H,16,18). The van der Waals surface area contributed by atoms with Gasteiger partial charge in [0.1, 0.15) is 0 Å². The van der Waals surface area contributed by atoms with E-state index >= 15 is 0 Å². The van der Waals surface area contributed by atoms with E-state index in [9.17, 15) is 19.2 Å². The Morgan fingerprint density at radius 1 is 0.585 bits per heavy atom. The molecule has 4 aromatic rings. The number of carbonyl (C=O) groups excluding carboxylic acids is 4. The number of amides is 1. The van der Waals surface area contributed by atoms with Crippen molar-refractivity contribution in [2.24, 2.45) is 0 Å². The fourth-order valence-electron chi connectivity index (χ4n) is 3.82. The third kappa shape index (κ3) is 9.37. The van der Waals surface area contributed by atoms with Crippen LogP contribution in [0.4, 0.5) is 0 Å². The van der Waals surface area contributed by atoms with E-state index in [0.717, 1.165) is 13.0 Å². The van der Waals surface area contributed by atoms with Crippen molar-refractivity contribution in [1.82, 2.24) is 10.2 Å². The lowest BCUT2D eigenvalue weighted by molar-refractivity contribution is 0.0492. The zero-order valence-corrected chi connectivity index (χ0v) is 23.5. The summed E-state index contributed by atoms with van der Waals surface area (Å²) in [5, 5.41) is 2.54. The zero-order chi connectivity index (χ0) is 29.6. The van der Waals surface area contributed by atoms with Crippen LogP contribution in [0.25, 0.3) is 0 Å². The molecule has 0 aliphatic carbocycles. The largest absolute Gasteiger partial charge is 0.462 e. The van der Waals surface area contributed by atoms with Crippen molar-refractivity contribution in [3.8, 4) is 0 Å². The van der Waals surface area contributed by atoms with E-state index in [1.807, 2.05) is 55.4 Å². The van der Waals surface area contributed by atoms with Crippen LogP contribution in [-0.4, -0.2) is 62.6 Å². The van der Waals surface area contributed by atoms with Gasteiger partial charge in [0, 0.05) is 41.4 Å². The second kappa shape index (κ2) is 15.6. The SMILES string of the molecule is CN(C)CCCOC(=O)c1ccc(C(=O)c2ccccc2)cc1.CNC(=O)c1ccc(C(=O)c2ccccc2)cc1. The molecule has 0 heterocycles. The molecule has 41 heavy (non-hydrogen) atoms. The van der Waals surface area contributed by atoms with Gasteiger partial charge in [-0.1, -0.05) is 84.9 Å². The van der Waals surface area contributed by atoms with Crippen molar-refractivity contribution in [3.05, 3.63) is 143 Å². The van der Waals surface area contributed by atoms with Crippen molar-refractivity contribution in [1.29, 1.82) is 0 Å². The number of nitrogens with one attached hydrogen (secondary N) is 1. The molecule has 7 nitrogen and oxygen atoms in total. The zero-order valence-electron chi connectivity index (χ0n) is 23.5. The predicted octanol–water partition coefficient (Wildman–Crippen LogP) is 5.30. The molecule has 0 saturated heterocycles. The van der Waals surface area contributed by atoms with E-state index in [-0.39, 0.29) is 23.4 Å². The highest BCUT2D eigenvalue weighted by Crippen LogP contribution is 2.13. The summed E-state index contributed by atoms with van der Waals surface area (Å²) in [5.41, 5.74) is 3.41. The van der Waals surface area contributed by atoms with Gasteiger partial charge in [-0.2, -0.15) is 0 Å². The van der Waals surface area contributed by atoms with Crippen LogP contribution in [-0.2, 0) is 4.74 Å². The Labute approximate surface area is 240 Å². The minimum Gasteiger partial charge on any atom is -0.462 e. The summed E-state index contributed by atoms with van der Waals surface area (Å²) in [4.78, 5) is 49.7. The molecule has 0 unspecified atom stereocenters. The number of nitrogens with zero attached hydrogens (tertiary/aromatic N) is 1. The molecule has 0 atom stereocenters. The fraction of sp³-hybridized carbons (Fsp3) is 0.176. The maximum atomic E-state index is 12.3. The molecular formula is C34H34N2O5. The van der Waals surface area contributed by atoms with Crippen molar-refractivity contribution < 1.29 is 23.9 Å². The minimum atomic E-state index is -0.359. The lowest BCUT2D eigenvalue weighted by atomic mass is 10.0. The first kappa shape index (κ1) is 30.7. The Kier molecular flexibility index (Phi) is 11.7. The van der Waals surface area contributed by atoms with Crippen molar-refractivity contribution in [2.75, 3.05) is 34.3 Å². The van der Waals surface area contributed by atoms with E-state index in [1.54, 1.807) is 79.8 Å². The molecule has 7 heteroatoms. The molecule has 0 fully saturated rings. The minimum absolute atomic E-state index is 0.0425. The smallest absolute Gasteiger partial charge is 0.338 e. The van der Waals surface area contributed by atoms with Crippen LogP contribution >= 0.6 is 0 Å². The second-order valence-electron chi connectivity index (χ2n) is 9.42. The van der Waals surface area contributed by atoms with Crippen LogP contribution in [0.2, 0.25) is 0 Å². The van der Waals surface area contributed by atoms with E-state index in [4.69, 9.17) is 4.74 Å². The number of carbonyl (C=O) groups is 4. The Balaban J connectivity index is 0.000000232. The maximum Gasteiger partial charge on any atom is 0.338 e. The van der Waals surface area contributed by atoms with Crippen LogP contribution < -0.4 is 5.32 Å². The van der Waals surface area contributed by atoms with Crippen LogP contribution in [0.15, 0.2) is 109 Å². The summed E-state index contributed by atoms with van der Waals surface area (Å²) >= 11 is 0. The summed E-state index contributed by atoms with van der Waals surface area (Å²) in [6.07, 6.45) is 0.795. The lowest BCUT2D eigenvalue weighted by Crippen LogP contribution is -2.17. The van der Waals surface area contributed by atoms with Gasteiger partial charge in [0.2, 0.25) is 0 Å². The first-order chi connectivity index (χ1) is 19.8. The third-order valence-electron chi connectivity index (χ3n) is 6.07. The fourth-order valence-corrected chi connectivity index (χ4v) is 3.82. The molecule has 0 saturated carbocycles. The van der Waals surface area contributed by atoms with E-state index in [1.165, 1.54) is 0 Å². The van der Waals surface area contributed by atoms with Gasteiger partial charge in [-0.15, -0.1) is 0 Å². The maximum absolute atomic E-state index is 12.3. The Morgan fingerprint density at radius 2 is 0.976 bits per heavy atom. The van der Waals surface area contributed by atoms with Gasteiger partial charge in [-0.3, -0.25) is 14.4 Å². The Morgan fingerprint density at radius 3 is 1.39 bits per heavy atom. The van der Waals surface area contributed by atoms with Crippen molar-refractivity contribution in [3.63, 3.8) is 0 Å². The van der Waals surface area contributed by atoms with Crippen LogP contribution in [0.5, 0.6) is 0 Å². The van der Waals surface area contributed by atoms with Crippen molar-refractivity contribution >= 4 is 23.4 Å². The number of rotatable bonds is 10. The van der Waals surface area contributed by atoms with Gasteiger partial charge in [-0.25, -0.2) is 4.79 Å². The molecule has 0 spiro atoms. The molecule has 4 aromatic carbocycles. The van der Waals surface area contributed by atoms with Crippen LogP contribution in [0.3, 0.4) is 0 Å². The summed E-state index contributed by atoms with van der Waals surface area (Å²) in [5.74, 6) is -0.619. The lowest BCUT2D eigenvalue weighted by Gasteiger charge is -2.09. The number of esters is 1. The van der Waals surface area contributed by atoms with E-state index < -0.39 is 0 Å². The number of hydrogen-bond acceptors (Lipinski definition) is 6. The first-order valence-corrected chi connectivity index (χ1v) is 13.2. The molecule has 0 aliphatic rings. The summed E-state index contributed by atoms with van der Waals surface area (Å²) in [6.45, 7) is 1.26. The van der Waals surface area contributed by atoms with Gasteiger partial charge in [0.05, 0.1) is 12.2 Å². The molecule has 210 valence electrons.